The summed E-state index contributed by atoms with van der Waals surface area (Å²) >= 11 is 12.6. The molecule has 0 radical (unpaired) electrons. The van der Waals surface area contributed by atoms with Crippen molar-refractivity contribution in [2.75, 3.05) is 31.7 Å². The molecule has 0 saturated carbocycles. The summed E-state index contributed by atoms with van der Waals surface area (Å²) in [5.74, 6) is 0.313. The molecule has 4 rings (SSSR count). The molecule has 0 spiro atoms. The Morgan fingerprint density at radius 2 is 1.71 bits per heavy atom. The van der Waals surface area contributed by atoms with Crippen molar-refractivity contribution in [3.8, 4) is 5.69 Å². The van der Waals surface area contributed by atoms with E-state index in [9.17, 15) is 13.2 Å². The maximum absolute atomic E-state index is 13.2. The number of aryl methyl sites for hydroxylation is 1. The van der Waals surface area contributed by atoms with Crippen LogP contribution in [-0.2, 0) is 9.84 Å². The van der Waals surface area contributed by atoms with Crippen molar-refractivity contribution in [3.05, 3.63) is 80.8 Å². The molecule has 8 nitrogen and oxygen atoms in total. The van der Waals surface area contributed by atoms with Gasteiger partial charge >= 0.3 is 0 Å². The van der Waals surface area contributed by atoms with Crippen molar-refractivity contribution < 1.29 is 8.42 Å². The number of nitrogens with zero attached hydrogens (tertiary/aromatic N) is 4. The Hall–Kier alpha value is -2.98. The Kier molecular flexibility index (Phi) is 7.14. The summed E-state index contributed by atoms with van der Waals surface area (Å²) in [5.41, 5.74) is 1.87. The van der Waals surface area contributed by atoms with Gasteiger partial charge in [-0.3, -0.25) is 9.36 Å². The first-order valence-electron chi connectivity index (χ1n) is 10.6. The quantitative estimate of drug-likeness (QED) is 0.375. The molecular weight excluding hydrogens is 509 g/mol. The number of rotatable bonds is 7. The van der Waals surface area contributed by atoms with Crippen molar-refractivity contribution in [3.63, 3.8) is 0 Å². The molecule has 0 saturated heterocycles. The van der Waals surface area contributed by atoms with Crippen LogP contribution in [0, 0.1) is 6.92 Å². The number of anilines is 2. The fourth-order valence-electron chi connectivity index (χ4n) is 3.52. The van der Waals surface area contributed by atoms with E-state index in [4.69, 9.17) is 23.2 Å². The van der Waals surface area contributed by atoms with E-state index in [1.165, 1.54) is 10.8 Å². The minimum absolute atomic E-state index is 0.0385. The van der Waals surface area contributed by atoms with Gasteiger partial charge in [0.25, 0.3) is 5.56 Å². The molecule has 0 aliphatic carbocycles. The van der Waals surface area contributed by atoms with Gasteiger partial charge in [-0.1, -0.05) is 29.3 Å². The third-order valence-corrected chi connectivity index (χ3v) is 7.71. The van der Waals surface area contributed by atoms with Gasteiger partial charge in [0, 0.05) is 24.6 Å². The number of hydrogen-bond acceptors (Lipinski definition) is 7. The van der Waals surface area contributed by atoms with Gasteiger partial charge in [0.1, 0.15) is 0 Å². The maximum Gasteiger partial charge on any atom is 0.266 e. The second-order valence-electron chi connectivity index (χ2n) is 8.28. The maximum atomic E-state index is 13.2. The molecule has 0 unspecified atom stereocenters. The van der Waals surface area contributed by atoms with E-state index in [2.05, 4.69) is 15.3 Å². The standard InChI is InChI=1S/C24H23Cl2N5O3S/c1-15-14-31(22-19(25)5-4-6-20(22)26)23(32)18-13-27-24(29-21(15)18)28-16-7-9-17(10-8-16)35(33,34)12-11-30(2)3/h4-10,13-14H,11-12H2,1-3H3,(H,27,28,29). The van der Waals surface area contributed by atoms with Gasteiger partial charge in [0.05, 0.1) is 37.3 Å². The zero-order chi connectivity index (χ0) is 25.3. The molecule has 0 bridgehead atoms. The molecule has 0 amide bonds. The lowest BCUT2D eigenvalue weighted by atomic mass is 10.2. The second kappa shape index (κ2) is 9.94. The Morgan fingerprint density at radius 1 is 1.06 bits per heavy atom. The van der Waals surface area contributed by atoms with E-state index in [-0.39, 0.29) is 22.2 Å². The normalized spacial score (nSPS) is 11.8. The Morgan fingerprint density at radius 3 is 2.34 bits per heavy atom. The third-order valence-electron chi connectivity index (χ3n) is 5.39. The van der Waals surface area contributed by atoms with E-state index < -0.39 is 9.84 Å². The van der Waals surface area contributed by atoms with Crippen LogP contribution >= 0.6 is 23.2 Å². The lowest BCUT2D eigenvalue weighted by Gasteiger charge is -2.13. The first kappa shape index (κ1) is 25.1. The molecule has 2 aromatic heterocycles. The lowest BCUT2D eigenvalue weighted by molar-refractivity contribution is 0.432. The van der Waals surface area contributed by atoms with Crippen LogP contribution in [0.25, 0.3) is 16.6 Å². The zero-order valence-corrected chi connectivity index (χ0v) is 21.6. The summed E-state index contributed by atoms with van der Waals surface area (Å²) < 4.78 is 26.3. The topological polar surface area (TPSA) is 97.2 Å². The van der Waals surface area contributed by atoms with Gasteiger partial charge in [-0.05, 0) is 63.0 Å². The monoisotopic (exact) mass is 531 g/mol. The van der Waals surface area contributed by atoms with E-state index in [1.807, 2.05) is 25.9 Å². The average Bonchev–Trinajstić information content (AvgIpc) is 2.81. The minimum atomic E-state index is -3.37. The number of nitrogens with one attached hydrogen (secondary N) is 1. The van der Waals surface area contributed by atoms with Crippen LogP contribution < -0.4 is 10.9 Å². The number of benzene rings is 2. The van der Waals surface area contributed by atoms with Gasteiger partial charge in [-0.2, -0.15) is 0 Å². The highest BCUT2D eigenvalue weighted by molar-refractivity contribution is 7.91. The summed E-state index contributed by atoms with van der Waals surface area (Å²) in [6, 6.07) is 11.4. The van der Waals surface area contributed by atoms with Crippen LogP contribution in [0.1, 0.15) is 5.56 Å². The van der Waals surface area contributed by atoms with Gasteiger partial charge in [-0.25, -0.2) is 18.4 Å². The van der Waals surface area contributed by atoms with Gasteiger partial charge < -0.3 is 10.2 Å². The number of hydrogen-bond donors (Lipinski definition) is 1. The Balaban J connectivity index is 1.64. The molecule has 35 heavy (non-hydrogen) atoms. The summed E-state index contributed by atoms with van der Waals surface area (Å²) in [6.07, 6.45) is 3.09. The molecule has 0 aliphatic heterocycles. The average molecular weight is 532 g/mol. The fourth-order valence-corrected chi connectivity index (χ4v) is 5.49. The molecule has 2 aromatic carbocycles. The van der Waals surface area contributed by atoms with E-state index in [1.54, 1.807) is 48.7 Å². The highest BCUT2D eigenvalue weighted by Gasteiger charge is 2.16. The molecule has 11 heteroatoms. The minimum Gasteiger partial charge on any atom is -0.324 e. The summed E-state index contributed by atoms with van der Waals surface area (Å²) in [5, 5.41) is 4.08. The predicted molar refractivity (Wildman–Crippen MR) is 140 cm³/mol. The number of pyridine rings is 1. The number of halogens is 2. The molecular formula is C24H23Cl2N5O3S. The Labute approximate surface area is 213 Å². The number of aromatic nitrogens is 3. The number of sulfone groups is 1. The zero-order valence-electron chi connectivity index (χ0n) is 19.3. The lowest BCUT2D eigenvalue weighted by Crippen LogP contribution is -2.21. The van der Waals surface area contributed by atoms with Crippen molar-refractivity contribution in [1.29, 1.82) is 0 Å². The van der Waals surface area contributed by atoms with Gasteiger partial charge in [-0.15, -0.1) is 0 Å². The van der Waals surface area contributed by atoms with E-state index >= 15 is 0 Å². The SMILES string of the molecule is Cc1cn(-c2c(Cl)cccc2Cl)c(=O)c2cnc(Nc3ccc(S(=O)(=O)CCN(C)C)cc3)nc12. The molecule has 0 fully saturated rings. The first-order valence-corrected chi connectivity index (χ1v) is 13.1. The predicted octanol–water partition coefficient (Wildman–Crippen LogP) is 4.47. The highest BCUT2D eigenvalue weighted by Crippen LogP contribution is 2.28. The van der Waals surface area contributed by atoms with Crippen LogP contribution in [0.5, 0.6) is 0 Å². The number of fused-ring (bicyclic) bond motifs is 1. The van der Waals surface area contributed by atoms with Crippen molar-refractivity contribution in [2.24, 2.45) is 0 Å². The van der Waals surface area contributed by atoms with E-state index in [0.29, 0.717) is 38.9 Å². The highest BCUT2D eigenvalue weighted by atomic mass is 35.5. The molecule has 182 valence electrons. The van der Waals surface area contributed by atoms with Crippen LogP contribution in [0.2, 0.25) is 10.0 Å². The van der Waals surface area contributed by atoms with E-state index in [0.717, 1.165) is 5.56 Å². The summed E-state index contributed by atoms with van der Waals surface area (Å²) in [4.78, 5) is 24.0. The summed E-state index contributed by atoms with van der Waals surface area (Å²) in [7, 11) is 0.283. The van der Waals surface area contributed by atoms with Crippen molar-refractivity contribution in [2.45, 2.75) is 11.8 Å². The second-order valence-corrected chi connectivity index (χ2v) is 11.2. The van der Waals surface area contributed by atoms with Gasteiger partial charge in [0.2, 0.25) is 5.95 Å². The van der Waals surface area contributed by atoms with Crippen LogP contribution in [0.4, 0.5) is 11.6 Å². The molecule has 1 N–H and O–H groups in total. The fraction of sp³-hybridized carbons (Fsp3) is 0.208. The van der Waals surface area contributed by atoms with Crippen LogP contribution in [0.15, 0.2) is 64.5 Å². The molecule has 0 atom stereocenters. The van der Waals surface area contributed by atoms with Crippen LogP contribution in [-0.4, -0.2) is 54.2 Å². The van der Waals surface area contributed by atoms with Crippen molar-refractivity contribution in [1.82, 2.24) is 19.4 Å². The largest absolute Gasteiger partial charge is 0.324 e. The molecule has 0 aliphatic rings. The van der Waals surface area contributed by atoms with Gasteiger partial charge in [0.15, 0.2) is 9.84 Å². The molecule has 2 heterocycles. The first-order chi connectivity index (χ1) is 16.6. The summed E-state index contributed by atoms with van der Waals surface area (Å²) in [6.45, 7) is 2.27. The molecule has 4 aromatic rings. The number of para-hydroxylation sites is 1. The van der Waals surface area contributed by atoms with Crippen LogP contribution in [0.3, 0.4) is 0 Å². The Bertz CT molecular complexity index is 1550. The smallest absolute Gasteiger partial charge is 0.266 e. The third kappa shape index (κ3) is 5.33. The van der Waals surface area contributed by atoms with Crippen molar-refractivity contribution >= 4 is 55.6 Å².